The van der Waals surface area contributed by atoms with Crippen LogP contribution in [0.3, 0.4) is 0 Å². The fourth-order valence-electron chi connectivity index (χ4n) is 2.78. The fourth-order valence-corrected chi connectivity index (χ4v) is 3.26. The van der Waals surface area contributed by atoms with E-state index in [2.05, 4.69) is 16.0 Å². The van der Waals surface area contributed by atoms with Crippen LogP contribution in [0.15, 0.2) is 0 Å². The lowest BCUT2D eigenvalue weighted by molar-refractivity contribution is -0.142. The Hall–Kier alpha value is -2.38. The first-order valence-electron chi connectivity index (χ1n) is 10.6. The summed E-state index contributed by atoms with van der Waals surface area (Å²) in [7, 11) is 0. The van der Waals surface area contributed by atoms with E-state index in [0.717, 1.165) is 0 Å². The number of nitrogens with two attached hydrogens (primary N) is 2. The number of nitrogens with one attached hydrogen (secondary N) is 3. The van der Waals surface area contributed by atoms with E-state index in [9.17, 15) is 34.2 Å². The van der Waals surface area contributed by atoms with Crippen molar-refractivity contribution in [1.29, 1.82) is 0 Å². The molecule has 0 spiro atoms. The van der Waals surface area contributed by atoms with Gasteiger partial charge in [-0.1, -0.05) is 13.8 Å². The molecule has 0 bridgehead atoms. The first-order chi connectivity index (χ1) is 15.3. The zero-order valence-corrected chi connectivity index (χ0v) is 20.3. The Kier molecular flexibility index (Phi) is 14.3. The maximum Gasteiger partial charge on any atom is 0.326 e. The molecule has 4 amide bonds. The lowest BCUT2D eigenvalue weighted by atomic mass is 10.0. The predicted molar refractivity (Wildman–Crippen MR) is 124 cm³/mol. The van der Waals surface area contributed by atoms with Crippen LogP contribution in [-0.2, 0) is 24.0 Å². The molecule has 0 saturated heterocycles. The number of primary amides is 1. The third kappa shape index (κ3) is 12.4. The molecule has 5 atom stereocenters. The molecule has 0 radical (unpaired) electrons. The number of carboxylic acid groups (broad SMARTS) is 1. The molecular formula is C20H37N5O7S. The molecule has 12 nitrogen and oxygen atoms in total. The molecule has 33 heavy (non-hydrogen) atoms. The molecule has 190 valence electrons. The van der Waals surface area contributed by atoms with Crippen LogP contribution in [0.4, 0.5) is 0 Å². The molecular weight excluding hydrogens is 454 g/mol. The van der Waals surface area contributed by atoms with E-state index >= 15 is 0 Å². The topological polar surface area (TPSA) is 214 Å². The number of carbonyl (C=O) groups excluding carboxylic acids is 4. The van der Waals surface area contributed by atoms with Gasteiger partial charge in [0.05, 0.1) is 6.10 Å². The van der Waals surface area contributed by atoms with Gasteiger partial charge in [-0.15, -0.1) is 0 Å². The maximum atomic E-state index is 12.9. The van der Waals surface area contributed by atoms with E-state index in [1.807, 2.05) is 20.1 Å². The summed E-state index contributed by atoms with van der Waals surface area (Å²) < 4.78 is 0. The monoisotopic (exact) mass is 491 g/mol. The second-order valence-electron chi connectivity index (χ2n) is 8.20. The van der Waals surface area contributed by atoms with Gasteiger partial charge in [-0.05, 0) is 44.1 Å². The van der Waals surface area contributed by atoms with Gasteiger partial charge in [-0.25, -0.2) is 4.79 Å². The van der Waals surface area contributed by atoms with E-state index in [0.29, 0.717) is 5.75 Å². The first kappa shape index (κ1) is 30.6. The number of hydrogen-bond acceptors (Lipinski definition) is 8. The summed E-state index contributed by atoms with van der Waals surface area (Å²) in [5.41, 5.74) is 10.7. The third-order valence-corrected chi connectivity index (χ3v) is 5.34. The van der Waals surface area contributed by atoms with Crippen molar-refractivity contribution in [2.75, 3.05) is 12.0 Å². The van der Waals surface area contributed by atoms with Crippen LogP contribution in [0.1, 0.15) is 46.5 Å². The molecule has 13 heteroatoms. The smallest absolute Gasteiger partial charge is 0.326 e. The van der Waals surface area contributed by atoms with Crippen molar-refractivity contribution in [3.8, 4) is 0 Å². The van der Waals surface area contributed by atoms with Crippen molar-refractivity contribution < 1.29 is 34.2 Å². The predicted octanol–water partition coefficient (Wildman–Crippen LogP) is -1.70. The van der Waals surface area contributed by atoms with Crippen molar-refractivity contribution in [1.82, 2.24) is 16.0 Å². The minimum atomic E-state index is -1.31. The highest BCUT2D eigenvalue weighted by molar-refractivity contribution is 7.98. The first-order valence-corrected chi connectivity index (χ1v) is 12.0. The number of carbonyl (C=O) groups is 5. The van der Waals surface area contributed by atoms with Crippen LogP contribution in [0.2, 0.25) is 0 Å². The van der Waals surface area contributed by atoms with Crippen molar-refractivity contribution in [3.05, 3.63) is 0 Å². The van der Waals surface area contributed by atoms with Crippen LogP contribution in [0.25, 0.3) is 0 Å². The summed E-state index contributed by atoms with van der Waals surface area (Å²) >= 11 is 1.43. The summed E-state index contributed by atoms with van der Waals surface area (Å²) in [5, 5.41) is 26.2. The number of aliphatic hydroxyl groups excluding tert-OH is 1. The molecule has 0 heterocycles. The summed E-state index contributed by atoms with van der Waals surface area (Å²) in [6.07, 6.45) is 0.665. The zero-order chi connectivity index (χ0) is 25.7. The summed E-state index contributed by atoms with van der Waals surface area (Å²) in [6, 6.07) is -4.75. The van der Waals surface area contributed by atoms with Gasteiger partial charge < -0.3 is 37.6 Å². The summed E-state index contributed by atoms with van der Waals surface area (Å²) in [6.45, 7) is 4.94. The fraction of sp³-hybridized carbons (Fsp3) is 0.750. The van der Waals surface area contributed by atoms with Gasteiger partial charge in [0.1, 0.15) is 24.2 Å². The second kappa shape index (κ2) is 15.5. The minimum Gasteiger partial charge on any atom is -0.480 e. The Labute approximate surface area is 198 Å². The summed E-state index contributed by atoms with van der Waals surface area (Å²) in [5.74, 6) is -3.64. The van der Waals surface area contributed by atoms with Crippen molar-refractivity contribution in [2.24, 2.45) is 17.4 Å². The standard InChI is InChI=1S/C20H37N5O7S/c1-10(2)9-14(20(31)32)25-18(29)13(7-8-33-4)23-17(28)12(5-6-15(21)27)24-19(30)16(22)11(3)26/h10-14,16,26H,5-9,22H2,1-4H3,(H2,21,27)(H,23,28)(H,24,30)(H,25,29)(H,31,32). The molecule has 0 saturated carbocycles. The Morgan fingerprint density at radius 2 is 1.36 bits per heavy atom. The van der Waals surface area contributed by atoms with Gasteiger partial charge in [-0.2, -0.15) is 11.8 Å². The number of aliphatic hydroxyl groups is 1. The number of amides is 4. The Morgan fingerprint density at radius 1 is 0.879 bits per heavy atom. The largest absolute Gasteiger partial charge is 0.480 e. The lowest BCUT2D eigenvalue weighted by Gasteiger charge is -2.25. The van der Waals surface area contributed by atoms with Crippen molar-refractivity contribution in [3.63, 3.8) is 0 Å². The molecule has 0 aromatic carbocycles. The highest BCUT2D eigenvalue weighted by Gasteiger charge is 2.31. The van der Waals surface area contributed by atoms with E-state index in [1.54, 1.807) is 0 Å². The molecule has 0 rings (SSSR count). The van der Waals surface area contributed by atoms with Gasteiger partial charge in [-0.3, -0.25) is 19.2 Å². The van der Waals surface area contributed by atoms with E-state index in [-0.39, 0.29) is 31.6 Å². The molecule has 0 aromatic rings. The lowest BCUT2D eigenvalue weighted by Crippen LogP contribution is -2.58. The van der Waals surface area contributed by atoms with Gasteiger partial charge in [0.25, 0.3) is 0 Å². The zero-order valence-electron chi connectivity index (χ0n) is 19.5. The van der Waals surface area contributed by atoms with Crippen LogP contribution in [-0.4, -0.2) is 82.1 Å². The van der Waals surface area contributed by atoms with Crippen molar-refractivity contribution >= 4 is 41.4 Å². The molecule has 0 aliphatic carbocycles. The molecule has 0 aromatic heterocycles. The van der Waals surface area contributed by atoms with Gasteiger partial charge in [0.15, 0.2) is 0 Å². The molecule has 0 fully saturated rings. The number of rotatable bonds is 16. The highest BCUT2D eigenvalue weighted by Crippen LogP contribution is 2.08. The molecule has 0 aliphatic rings. The number of carboxylic acids is 1. The van der Waals surface area contributed by atoms with Gasteiger partial charge in [0, 0.05) is 6.42 Å². The molecule has 0 aliphatic heterocycles. The quantitative estimate of drug-likeness (QED) is 0.131. The summed E-state index contributed by atoms with van der Waals surface area (Å²) in [4.78, 5) is 60.6. The number of aliphatic carboxylic acids is 1. The second-order valence-corrected chi connectivity index (χ2v) is 9.19. The Bertz CT molecular complexity index is 690. The van der Waals surface area contributed by atoms with E-state index in [1.165, 1.54) is 18.7 Å². The normalized spacial score (nSPS) is 15.6. The van der Waals surface area contributed by atoms with Crippen LogP contribution < -0.4 is 27.4 Å². The molecule has 9 N–H and O–H groups in total. The average molecular weight is 492 g/mol. The van der Waals surface area contributed by atoms with Crippen LogP contribution in [0, 0.1) is 5.92 Å². The number of hydrogen-bond donors (Lipinski definition) is 7. The molecule has 5 unspecified atom stereocenters. The highest BCUT2D eigenvalue weighted by atomic mass is 32.2. The van der Waals surface area contributed by atoms with E-state index < -0.39 is 59.9 Å². The van der Waals surface area contributed by atoms with E-state index in [4.69, 9.17) is 11.5 Å². The third-order valence-electron chi connectivity index (χ3n) is 4.70. The Morgan fingerprint density at radius 3 is 1.79 bits per heavy atom. The number of thioether (sulfide) groups is 1. The van der Waals surface area contributed by atoms with Crippen LogP contribution in [0.5, 0.6) is 0 Å². The van der Waals surface area contributed by atoms with Crippen molar-refractivity contribution in [2.45, 2.75) is 76.7 Å². The maximum absolute atomic E-state index is 12.9. The Balaban J connectivity index is 5.52. The van der Waals surface area contributed by atoms with Crippen LogP contribution >= 0.6 is 11.8 Å². The SMILES string of the molecule is CSCCC(NC(=O)C(CCC(N)=O)NC(=O)C(N)C(C)O)C(=O)NC(CC(C)C)C(=O)O. The van der Waals surface area contributed by atoms with Gasteiger partial charge in [0.2, 0.25) is 23.6 Å². The van der Waals surface area contributed by atoms with Gasteiger partial charge >= 0.3 is 5.97 Å². The minimum absolute atomic E-state index is 0.0113. The average Bonchev–Trinajstić information content (AvgIpc) is 2.71.